The number of nitrogens with one attached hydrogen (secondary N) is 2. The largest absolute Gasteiger partial charge is 0.481 e. The van der Waals surface area contributed by atoms with Crippen molar-refractivity contribution in [2.45, 2.75) is 66.0 Å². The predicted molar refractivity (Wildman–Crippen MR) is 142 cm³/mol. The first kappa shape index (κ1) is 26.8. The number of hydrogen-bond acceptors (Lipinski definition) is 4. The van der Waals surface area contributed by atoms with E-state index < -0.39 is 0 Å². The number of fused-ring (bicyclic) bond motifs is 1. The molecule has 2 N–H and O–H groups in total. The molecule has 2 unspecified atom stereocenters. The fourth-order valence-corrected chi connectivity index (χ4v) is 4.20. The molecule has 0 aromatic heterocycles. The van der Waals surface area contributed by atoms with Crippen LogP contribution in [0.4, 0.5) is 0 Å². The van der Waals surface area contributed by atoms with Crippen LogP contribution in [0, 0.1) is 19.3 Å². The van der Waals surface area contributed by atoms with Crippen molar-refractivity contribution >= 4 is 17.4 Å². The highest BCUT2D eigenvalue weighted by molar-refractivity contribution is 6.32. The molecule has 4 nitrogen and oxygen atoms in total. The van der Waals surface area contributed by atoms with Crippen LogP contribution in [0.15, 0.2) is 41.4 Å². The van der Waals surface area contributed by atoms with Gasteiger partial charge in [-0.15, -0.1) is 6.42 Å². The zero-order valence-electron chi connectivity index (χ0n) is 20.7. The molecule has 0 fully saturated rings. The van der Waals surface area contributed by atoms with Crippen molar-refractivity contribution in [3.63, 3.8) is 0 Å². The summed E-state index contributed by atoms with van der Waals surface area (Å²) in [7, 11) is 0. The fourth-order valence-electron chi connectivity index (χ4n) is 3.92. The number of terminal acetylenes is 1. The summed E-state index contributed by atoms with van der Waals surface area (Å²) in [5.41, 5.74) is 5.51. The summed E-state index contributed by atoms with van der Waals surface area (Å²) >= 11 is 6.10. The molecule has 0 bridgehead atoms. The number of hydrogen-bond donors (Lipinski definition) is 2. The summed E-state index contributed by atoms with van der Waals surface area (Å²) in [6.45, 7) is 12.6. The Labute approximate surface area is 205 Å². The summed E-state index contributed by atoms with van der Waals surface area (Å²) < 4.78 is 5.76. The lowest BCUT2D eigenvalue weighted by atomic mass is 10.0. The first-order valence-electron chi connectivity index (χ1n) is 12.0. The Morgan fingerprint density at radius 2 is 2.06 bits per heavy atom. The van der Waals surface area contributed by atoms with Crippen LogP contribution in [0.2, 0.25) is 5.02 Å². The first-order valence-corrected chi connectivity index (χ1v) is 12.4. The quantitative estimate of drug-likeness (QED) is 0.519. The van der Waals surface area contributed by atoms with Gasteiger partial charge in [0.25, 0.3) is 0 Å². The molecule has 178 valence electrons. The van der Waals surface area contributed by atoms with Gasteiger partial charge in [0.1, 0.15) is 11.6 Å². The monoisotopic (exact) mass is 467 g/mol. The van der Waals surface area contributed by atoms with E-state index in [9.17, 15) is 0 Å². The van der Waals surface area contributed by atoms with Crippen molar-refractivity contribution in [1.29, 1.82) is 0 Å². The van der Waals surface area contributed by atoms with Crippen molar-refractivity contribution in [1.82, 2.24) is 10.6 Å². The topological polar surface area (TPSA) is 45.6 Å². The van der Waals surface area contributed by atoms with Gasteiger partial charge in [-0.25, -0.2) is 0 Å². The molecule has 0 spiro atoms. The highest BCUT2D eigenvalue weighted by Gasteiger charge is 2.21. The van der Waals surface area contributed by atoms with E-state index in [1.54, 1.807) is 0 Å². The standard InChI is InChI=1S/C14H17N.C12H15ClN2O.C2H6/c1-3-9-15-14-8-6-12-10-11(4-2)5-7-13(12)14;1-8-3-4-11(10(13)7-8)16-9(2)12-14-5-6-15-12;1-2/h1,5,7,10,14-15H,4,6,8-9H2,2H3;3-4,7,9H,5-6H2,1-2H3,(H,14,15);1-2H3. The van der Waals surface area contributed by atoms with Crippen LogP contribution >= 0.6 is 11.6 Å². The summed E-state index contributed by atoms with van der Waals surface area (Å²) in [5.74, 6) is 4.24. The van der Waals surface area contributed by atoms with Gasteiger partial charge in [0, 0.05) is 12.6 Å². The number of nitrogens with zero attached hydrogens (tertiary/aromatic N) is 1. The van der Waals surface area contributed by atoms with Crippen LogP contribution in [0.3, 0.4) is 0 Å². The number of benzene rings is 2. The number of aliphatic imine (C=N–C) groups is 1. The maximum atomic E-state index is 6.10. The normalized spacial score (nSPS) is 16.6. The Balaban J connectivity index is 0.000000218. The number of ether oxygens (including phenoxy) is 1. The van der Waals surface area contributed by atoms with Crippen LogP contribution in [0.25, 0.3) is 0 Å². The lowest BCUT2D eigenvalue weighted by Gasteiger charge is -2.16. The SMILES string of the molecule is C#CCNC1CCc2cc(CC)ccc21.CC.Cc1ccc(OC(C)C2=NCCN2)c(Cl)c1. The van der Waals surface area contributed by atoms with E-state index in [0.717, 1.165) is 30.9 Å². The van der Waals surface area contributed by atoms with Crippen molar-refractivity contribution in [2.75, 3.05) is 19.6 Å². The molecule has 2 aliphatic rings. The molecule has 1 aliphatic carbocycles. The molecule has 0 saturated heterocycles. The van der Waals surface area contributed by atoms with Crippen molar-refractivity contribution in [2.24, 2.45) is 4.99 Å². The molecule has 1 heterocycles. The molecule has 5 heteroatoms. The molecule has 1 aliphatic heterocycles. The minimum absolute atomic E-state index is 0.0808. The molecule has 0 amide bonds. The Hall–Kier alpha value is -2.48. The van der Waals surface area contributed by atoms with Gasteiger partial charge in [0.05, 0.1) is 18.1 Å². The minimum atomic E-state index is -0.0808. The third kappa shape index (κ3) is 7.81. The highest BCUT2D eigenvalue weighted by atomic mass is 35.5. The van der Waals surface area contributed by atoms with Crippen LogP contribution < -0.4 is 15.4 Å². The van der Waals surface area contributed by atoms with Crippen molar-refractivity contribution < 1.29 is 4.74 Å². The molecule has 2 aromatic carbocycles. The predicted octanol–water partition coefficient (Wildman–Crippen LogP) is 5.90. The summed E-state index contributed by atoms with van der Waals surface area (Å²) in [4.78, 5) is 4.32. The molecule has 4 rings (SSSR count). The third-order valence-electron chi connectivity index (χ3n) is 5.62. The molecular weight excluding hydrogens is 430 g/mol. The van der Waals surface area contributed by atoms with E-state index >= 15 is 0 Å². The van der Waals surface area contributed by atoms with Gasteiger partial charge in [-0.1, -0.05) is 62.6 Å². The fraction of sp³-hybridized carbons (Fsp3) is 0.464. The van der Waals surface area contributed by atoms with E-state index in [2.05, 4.69) is 46.7 Å². The highest BCUT2D eigenvalue weighted by Crippen LogP contribution is 2.31. The smallest absolute Gasteiger partial charge is 0.153 e. The van der Waals surface area contributed by atoms with E-state index in [1.165, 1.54) is 29.5 Å². The Kier molecular flexibility index (Phi) is 11.3. The lowest BCUT2D eigenvalue weighted by molar-refractivity contribution is 0.284. The average molecular weight is 468 g/mol. The zero-order chi connectivity index (χ0) is 24.2. The maximum Gasteiger partial charge on any atom is 0.153 e. The average Bonchev–Trinajstić information content (AvgIpc) is 3.51. The molecular formula is C28H38ClN3O. The second-order valence-corrected chi connectivity index (χ2v) is 8.36. The molecule has 2 aromatic rings. The van der Waals surface area contributed by atoms with Gasteiger partial charge in [-0.2, -0.15) is 0 Å². The van der Waals surface area contributed by atoms with Gasteiger partial charge < -0.3 is 10.1 Å². The van der Waals surface area contributed by atoms with Crippen LogP contribution in [-0.4, -0.2) is 31.6 Å². The third-order valence-corrected chi connectivity index (χ3v) is 5.92. The Morgan fingerprint density at radius 3 is 2.70 bits per heavy atom. The van der Waals surface area contributed by atoms with Gasteiger partial charge in [-0.3, -0.25) is 10.3 Å². The second-order valence-electron chi connectivity index (χ2n) is 7.95. The molecule has 2 atom stereocenters. The van der Waals surface area contributed by atoms with Gasteiger partial charge in [0.2, 0.25) is 0 Å². The molecule has 0 saturated carbocycles. The summed E-state index contributed by atoms with van der Waals surface area (Å²) in [6, 6.07) is 13.1. The van der Waals surface area contributed by atoms with E-state index in [4.69, 9.17) is 22.8 Å². The number of amidine groups is 1. The van der Waals surface area contributed by atoms with Gasteiger partial charge in [-0.05, 0) is 67.5 Å². The number of aryl methyl sites for hydroxylation is 3. The van der Waals surface area contributed by atoms with Crippen LogP contribution in [-0.2, 0) is 12.8 Å². The van der Waals surface area contributed by atoms with E-state index in [1.807, 2.05) is 45.9 Å². The van der Waals surface area contributed by atoms with Gasteiger partial charge in [0.15, 0.2) is 6.10 Å². The van der Waals surface area contributed by atoms with Gasteiger partial charge >= 0.3 is 0 Å². The first-order chi connectivity index (χ1) is 16.0. The van der Waals surface area contributed by atoms with Crippen LogP contribution in [0.5, 0.6) is 5.75 Å². The minimum Gasteiger partial charge on any atom is -0.481 e. The Morgan fingerprint density at radius 1 is 1.27 bits per heavy atom. The molecule has 0 radical (unpaired) electrons. The van der Waals surface area contributed by atoms with Crippen molar-refractivity contribution in [3.8, 4) is 18.1 Å². The van der Waals surface area contributed by atoms with Crippen LogP contribution in [0.1, 0.15) is 62.4 Å². The lowest BCUT2D eigenvalue weighted by Crippen LogP contribution is -2.33. The second kappa shape index (κ2) is 13.9. The zero-order valence-corrected chi connectivity index (χ0v) is 21.4. The number of halogens is 1. The Bertz CT molecular complexity index is 964. The summed E-state index contributed by atoms with van der Waals surface area (Å²) in [6.07, 6.45) is 8.67. The summed E-state index contributed by atoms with van der Waals surface area (Å²) in [5, 5.41) is 7.22. The van der Waals surface area contributed by atoms with E-state index in [0.29, 0.717) is 23.4 Å². The maximum absolute atomic E-state index is 6.10. The van der Waals surface area contributed by atoms with Crippen molar-refractivity contribution in [3.05, 3.63) is 63.7 Å². The number of rotatable bonds is 6. The van der Waals surface area contributed by atoms with E-state index in [-0.39, 0.29) is 6.10 Å². The molecule has 33 heavy (non-hydrogen) atoms.